The van der Waals surface area contributed by atoms with Crippen LogP contribution in [0.5, 0.6) is 0 Å². The summed E-state index contributed by atoms with van der Waals surface area (Å²) >= 11 is 1.65. The highest BCUT2D eigenvalue weighted by atomic mass is 32.1. The molecule has 108 valence electrons. The fourth-order valence-corrected chi connectivity index (χ4v) is 2.79. The zero-order valence-corrected chi connectivity index (χ0v) is 13.1. The predicted molar refractivity (Wildman–Crippen MR) is 80.8 cm³/mol. The fraction of sp³-hybridized carbons (Fsp3) is 0.500. The first-order valence-corrected chi connectivity index (χ1v) is 7.32. The van der Waals surface area contributed by atoms with Crippen LogP contribution in [0.3, 0.4) is 0 Å². The van der Waals surface area contributed by atoms with Crippen LogP contribution in [0.4, 0.5) is 5.82 Å². The molecule has 6 heteroatoms. The largest absolute Gasteiger partial charge is 0.384 e. The highest BCUT2D eigenvalue weighted by Gasteiger charge is 2.17. The van der Waals surface area contributed by atoms with E-state index in [4.69, 9.17) is 10.5 Å². The minimum Gasteiger partial charge on any atom is -0.384 e. The molecule has 0 aromatic carbocycles. The topological polar surface area (TPSA) is 73.9 Å². The van der Waals surface area contributed by atoms with Crippen LogP contribution >= 0.6 is 11.3 Å². The van der Waals surface area contributed by atoms with Crippen LogP contribution in [0.25, 0.3) is 0 Å². The quantitative estimate of drug-likeness (QED) is 0.937. The number of ether oxygens (including phenoxy) is 1. The van der Waals surface area contributed by atoms with Crippen LogP contribution in [0, 0.1) is 0 Å². The molecule has 0 spiro atoms. The van der Waals surface area contributed by atoms with Crippen molar-refractivity contribution in [1.82, 2.24) is 15.0 Å². The van der Waals surface area contributed by atoms with E-state index < -0.39 is 0 Å². The Morgan fingerprint density at radius 3 is 2.60 bits per heavy atom. The first kappa shape index (κ1) is 14.9. The number of hydrogen-bond acceptors (Lipinski definition) is 6. The first-order valence-electron chi connectivity index (χ1n) is 6.44. The van der Waals surface area contributed by atoms with Gasteiger partial charge >= 0.3 is 0 Å². The van der Waals surface area contributed by atoms with E-state index >= 15 is 0 Å². The normalized spacial score (nSPS) is 11.8. The molecule has 0 amide bonds. The lowest BCUT2D eigenvalue weighted by molar-refractivity contribution is 0.177. The Morgan fingerprint density at radius 1 is 1.25 bits per heavy atom. The Kier molecular flexibility index (Phi) is 4.35. The zero-order chi connectivity index (χ0) is 14.8. The fourth-order valence-electron chi connectivity index (χ4n) is 1.75. The lowest BCUT2D eigenvalue weighted by atomic mass is 9.93. The number of thiazole rings is 1. The van der Waals surface area contributed by atoms with Gasteiger partial charge in [0.25, 0.3) is 0 Å². The Balaban J connectivity index is 2.19. The number of aromatic nitrogens is 3. The van der Waals surface area contributed by atoms with Crippen LogP contribution in [0.1, 0.15) is 43.0 Å². The number of nitrogen functional groups attached to an aromatic ring is 1. The molecule has 2 aromatic rings. The number of methoxy groups -OCH3 is 1. The summed E-state index contributed by atoms with van der Waals surface area (Å²) in [6.07, 6.45) is 0.671. The van der Waals surface area contributed by atoms with Crippen molar-refractivity contribution in [2.24, 2.45) is 0 Å². The molecule has 0 unspecified atom stereocenters. The first-order chi connectivity index (χ1) is 9.38. The van der Waals surface area contributed by atoms with Crippen LogP contribution in [-0.2, 0) is 23.2 Å². The summed E-state index contributed by atoms with van der Waals surface area (Å²) in [4.78, 5) is 13.2. The summed E-state index contributed by atoms with van der Waals surface area (Å²) in [5.41, 5.74) is 7.85. The molecular formula is C14H20N4OS. The number of rotatable bonds is 4. The molecule has 2 aromatic heterocycles. The molecule has 0 atom stereocenters. The molecular weight excluding hydrogens is 272 g/mol. The minimum atomic E-state index is 0.0701. The summed E-state index contributed by atoms with van der Waals surface area (Å²) in [5.74, 6) is 1.07. The monoisotopic (exact) mass is 292 g/mol. The van der Waals surface area contributed by atoms with E-state index in [2.05, 4.69) is 41.1 Å². The van der Waals surface area contributed by atoms with Crippen molar-refractivity contribution in [1.29, 1.82) is 0 Å². The van der Waals surface area contributed by atoms with Gasteiger partial charge in [0, 0.05) is 30.4 Å². The second-order valence-corrected chi connectivity index (χ2v) is 6.63. The van der Waals surface area contributed by atoms with Crippen LogP contribution in [-0.4, -0.2) is 22.1 Å². The summed E-state index contributed by atoms with van der Waals surface area (Å²) in [5, 5.41) is 3.15. The van der Waals surface area contributed by atoms with Crippen LogP contribution in [0.2, 0.25) is 0 Å². The summed E-state index contributed by atoms with van der Waals surface area (Å²) < 4.78 is 5.04. The zero-order valence-electron chi connectivity index (χ0n) is 12.3. The SMILES string of the molecule is COCc1nc(N)cc(Cc2nc(C(C)(C)C)cs2)n1. The maximum atomic E-state index is 5.79. The minimum absolute atomic E-state index is 0.0701. The van der Waals surface area contributed by atoms with Gasteiger partial charge in [-0.2, -0.15) is 0 Å². The van der Waals surface area contributed by atoms with Crippen LogP contribution < -0.4 is 5.73 Å². The van der Waals surface area contributed by atoms with E-state index in [9.17, 15) is 0 Å². The molecule has 0 radical (unpaired) electrons. The molecule has 0 aliphatic carbocycles. The van der Waals surface area contributed by atoms with E-state index in [1.54, 1.807) is 24.5 Å². The van der Waals surface area contributed by atoms with Gasteiger partial charge in [0.2, 0.25) is 0 Å². The predicted octanol–water partition coefficient (Wildman–Crippen LogP) is 2.55. The van der Waals surface area contributed by atoms with E-state index in [0.717, 1.165) is 16.4 Å². The van der Waals surface area contributed by atoms with Crippen molar-refractivity contribution in [2.45, 2.75) is 39.2 Å². The van der Waals surface area contributed by atoms with E-state index in [1.165, 1.54) is 0 Å². The highest BCUT2D eigenvalue weighted by molar-refractivity contribution is 7.09. The van der Waals surface area contributed by atoms with Crippen molar-refractivity contribution in [3.63, 3.8) is 0 Å². The van der Waals surface area contributed by atoms with Crippen molar-refractivity contribution in [3.8, 4) is 0 Å². The van der Waals surface area contributed by atoms with Gasteiger partial charge in [-0.05, 0) is 0 Å². The van der Waals surface area contributed by atoms with E-state index in [-0.39, 0.29) is 5.41 Å². The second kappa shape index (κ2) is 5.85. The number of nitrogens with two attached hydrogens (primary N) is 1. The van der Waals surface area contributed by atoms with Gasteiger partial charge in [-0.15, -0.1) is 11.3 Å². The lowest BCUT2D eigenvalue weighted by Crippen LogP contribution is -2.11. The third-order valence-electron chi connectivity index (χ3n) is 2.77. The van der Waals surface area contributed by atoms with Crippen molar-refractivity contribution in [3.05, 3.63) is 33.7 Å². The van der Waals surface area contributed by atoms with Crippen molar-refractivity contribution >= 4 is 17.2 Å². The van der Waals surface area contributed by atoms with Gasteiger partial charge in [0.1, 0.15) is 12.4 Å². The van der Waals surface area contributed by atoms with Gasteiger partial charge in [-0.3, -0.25) is 0 Å². The number of anilines is 1. The van der Waals surface area contributed by atoms with Crippen molar-refractivity contribution in [2.75, 3.05) is 12.8 Å². The Hall–Kier alpha value is -1.53. The van der Waals surface area contributed by atoms with E-state index in [1.807, 2.05) is 0 Å². The van der Waals surface area contributed by atoms with Gasteiger partial charge in [-0.25, -0.2) is 15.0 Å². The molecule has 5 nitrogen and oxygen atoms in total. The average molecular weight is 292 g/mol. The number of hydrogen-bond donors (Lipinski definition) is 1. The molecule has 0 aliphatic rings. The van der Waals surface area contributed by atoms with Gasteiger partial charge in [0.15, 0.2) is 5.82 Å². The lowest BCUT2D eigenvalue weighted by Gasteiger charge is -2.14. The van der Waals surface area contributed by atoms with Gasteiger partial charge in [-0.1, -0.05) is 20.8 Å². The smallest absolute Gasteiger partial charge is 0.156 e. The summed E-state index contributed by atoms with van der Waals surface area (Å²) in [6.45, 7) is 6.84. The summed E-state index contributed by atoms with van der Waals surface area (Å²) in [7, 11) is 1.61. The highest BCUT2D eigenvalue weighted by Crippen LogP contribution is 2.25. The van der Waals surface area contributed by atoms with Crippen molar-refractivity contribution < 1.29 is 4.74 Å². The third kappa shape index (κ3) is 3.74. The molecule has 0 aliphatic heterocycles. The second-order valence-electron chi connectivity index (χ2n) is 5.69. The van der Waals surface area contributed by atoms with Gasteiger partial charge < -0.3 is 10.5 Å². The Bertz CT molecular complexity index is 589. The van der Waals surface area contributed by atoms with E-state index in [0.29, 0.717) is 24.7 Å². The third-order valence-corrected chi connectivity index (χ3v) is 3.62. The Morgan fingerprint density at radius 2 is 2.00 bits per heavy atom. The maximum Gasteiger partial charge on any atom is 0.156 e. The Labute approximate surface area is 123 Å². The molecule has 2 rings (SSSR count). The average Bonchev–Trinajstić information content (AvgIpc) is 2.76. The van der Waals surface area contributed by atoms with Crippen LogP contribution in [0.15, 0.2) is 11.4 Å². The molecule has 2 heterocycles. The maximum absolute atomic E-state index is 5.79. The molecule has 0 bridgehead atoms. The molecule has 0 saturated carbocycles. The molecule has 0 fully saturated rings. The van der Waals surface area contributed by atoms with Gasteiger partial charge in [0.05, 0.1) is 16.4 Å². The molecule has 2 N–H and O–H groups in total. The summed E-state index contributed by atoms with van der Waals surface area (Å²) in [6, 6.07) is 1.79. The molecule has 0 saturated heterocycles. The number of nitrogens with zero attached hydrogens (tertiary/aromatic N) is 3. The standard InChI is InChI=1S/C14H20N4OS/c1-14(2,3)10-8-20-13(17-10)6-9-5-11(15)18-12(16-9)7-19-4/h5,8H,6-7H2,1-4H3,(H2,15,16,18). The molecule has 20 heavy (non-hydrogen) atoms.